The number of hydrogen-bond donors (Lipinski definition) is 1. The topological polar surface area (TPSA) is 54.5 Å². The summed E-state index contributed by atoms with van der Waals surface area (Å²) in [7, 11) is 0. The van der Waals surface area contributed by atoms with Crippen molar-refractivity contribution in [2.45, 2.75) is 17.1 Å². The van der Waals surface area contributed by atoms with Crippen molar-refractivity contribution < 1.29 is 0 Å². The lowest BCUT2D eigenvalue weighted by atomic mass is 10.3. The first kappa shape index (κ1) is 9.67. The zero-order valence-electron chi connectivity index (χ0n) is 7.36. The minimum atomic E-state index is 0.749. The lowest BCUT2D eigenvalue weighted by Crippen LogP contribution is -1.84. The van der Waals surface area contributed by atoms with Crippen LogP contribution in [-0.4, -0.2) is 20.2 Å². The fraction of sp³-hybridized carbons (Fsp3) is 0.125. The minimum Gasteiger partial charge on any atom is -0.254 e. The van der Waals surface area contributed by atoms with Gasteiger partial charge >= 0.3 is 0 Å². The number of nitrogens with one attached hydrogen (secondary N) is 1. The molecule has 2 rings (SSSR count). The van der Waals surface area contributed by atoms with Crippen molar-refractivity contribution in [3.05, 3.63) is 28.6 Å². The van der Waals surface area contributed by atoms with Crippen molar-refractivity contribution in [3.63, 3.8) is 0 Å². The van der Waals surface area contributed by atoms with Crippen LogP contribution in [0.1, 0.15) is 5.56 Å². The Bertz CT molecular complexity index is 429. The van der Waals surface area contributed by atoms with Crippen LogP contribution < -0.4 is 0 Å². The molecule has 2 aromatic heterocycles. The second-order valence-electron chi connectivity index (χ2n) is 2.66. The minimum absolute atomic E-state index is 0.749. The molecule has 0 saturated carbocycles. The second-order valence-corrected chi connectivity index (χ2v) is 4.53. The lowest BCUT2D eigenvalue weighted by molar-refractivity contribution is 0.966. The van der Waals surface area contributed by atoms with Crippen molar-refractivity contribution in [1.82, 2.24) is 20.2 Å². The average Bonchev–Trinajstić information content (AvgIpc) is 2.64. The standard InChI is InChI=1S/C8H7BrN4S/c1-5-2-7(10-3-6(5)9)14-8-11-4-12-13-8/h2-4H,1H3,(H,11,12,13). The van der Waals surface area contributed by atoms with Crippen LogP contribution in [0, 0.1) is 6.92 Å². The van der Waals surface area contributed by atoms with Crippen LogP contribution >= 0.6 is 27.7 Å². The van der Waals surface area contributed by atoms with Crippen LogP contribution in [0.4, 0.5) is 0 Å². The molecule has 2 aromatic rings. The highest BCUT2D eigenvalue weighted by Gasteiger charge is 2.03. The molecule has 0 aliphatic carbocycles. The molecule has 2 heterocycles. The average molecular weight is 271 g/mol. The van der Waals surface area contributed by atoms with Crippen molar-refractivity contribution in [3.8, 4) is 0 Å². The maximum atomic E-state index is 4.24. The van der Waals surface area contributed by atoms with Crippen LogP contribution in [0.25, 0.3) is 0 Å². The number of aromatic nitrogens is 4. The number of aromatic amines is 1. The van der Waals surface area contributed by atoms with Gasteiger partial charge in [-0.15, -0.1) is 0 Å². The zero-order chi connectivity index (χ0) is 9.97. The van der Waals surface area contributed by atoms with Gasteiger partial charge in [0.2, 0.25) is 0 Å². The second kappa shape index (κ2) is 4.10. The van der Waals surface area contributed by atoms with Crippen molar-refractivity contribution in [2.24, 2.45) is 0 Å². The zero-order valence-corrected chi connectivity index (χ0v) is 9.76. The normalized spacial score (nSPS) is 10.4. The predicted octanol–water partition coefficient (Wildman–Crippen LogP) is 2.42. The molecule has 0 amide bonds. The molecule has 0 aromatic carbocycles. The molecule has 6 heteroatoms. The molecular weight excluding hydrogens is 264 g/mol. The third-order valence-electron chi connectivity index (χ3n) is 1.62. The summed E-state index contributed by atoms with van der Waals surface area (Å²) in [6.45, 7) is 2.02. The number of rotatable bonds is 2. The Labute approximate surface area is 93.7 Å². The molecule has 14 heavy (non-hydrogen) atoms. The molecule has 0 saturated heterocycles. The Morgan fingerprint density at radius 2 is 2.29 bits per heavy atom. The van der Waals surface area contributed by atoms with Gasteiger partial charge in [0, 0.05) is 10.7 Å². The Kier molecular flexibility index (Phi) is 2.83. The van der Waals surface area contributed by atoms with Gasteiger partial charge in [-0.05, 0) is 46.2 Å². The van der Waals surface area contributed by atoms with Crippen molar-refractivity contribution in [1.29, 1.82) is 0 Å². The maximum absolute atomic E-state index is 4.24. The summed E-state index contributed by atoms with van der Waals surface area (Å²) in [5, 5.41) is 8.19. The van der Waals surface area contributed by atoms with Crippen LogP contribution in [0.15, 0.2) is 33.2 Å². The summed E-state index contributed by atoms with van der Waals surface area (Å²) in [6.07, 6.45) is 3.27. The molecule has 72 valence electrons. The molecule has 0 spiro atoms. The van der Waals surface area contributed by atoms with E-state index in [1.165, 1.54) is 18.1 Å². The van der Waals surface area contributed by atoms with Crippen LogP contribution in [0.5, 0.6) is 0 Å². The maximum Gasteiger partial charge on any atom is 0.189 e. The highest BCUT2D eigenvalue weighted by atomic mass is 79.9. The summed E-state index contributed by atoms with van der Waals surface area (Å²) < 4.78 is 1.01. The summed E-state index contributed by atoms with van der Waals surface area (Å²) in [4.78, 5) is 8.25. The fourth-order valence-electron chi connectivity index (χ4n) is 0.912. The molecule has 4 nitrogen and oxygen atoms in total. The Morgan fingerprint density at radius 1 is 1.43 bits per heavy atom. The van der Waals surface area contributed by atoms with Gasteiger partial charge in [0.15, 0.2) is 5.16 Å². The molecule has 0 radical (unpaired) electrons. The van der Waals surface area contributed by atoms with E-state index < -0.39 is 0 Å². The molecule has 0 atom stereocenters. The highest BCUT2D eigenvalue weighted by Crippen LogP contribution is 2.25. The highest BCUT2D eigenvalue weighted by molar-refractivity contribution is 9.10. The van der Waals surface area contributed by atoms with E-state index in [1.807, 2.05) is 13.0 Å². The first-order valence-corrected chi connectivity index (χ1v) is 5.52. The van der Waals surface area contributed by atoms with Crippen molar-refractivity contribution in [2.75, 3.05) is 0 Å². The first-order valence-electron chi connectivity index (χ1n) is 3.91. The molecule has 0 unspecified atom stereocenters. The SMILES string of the molecule is Cc1cc(Sc2ncn[nH]2)ncc1Br. The van der Waals surface area contributed by atoms with Crippen LogP contribution in [0.3, 0.4) is 0 Å². The Morgan fingerprint density at radius 3 is 2.93 bits per heavy atom. The van der Waals surface area contributed by atoms with Crippen molar-refractivity contribution >= 4 is 27.7 Å². The van der Waals surface area contributed by atoms with Gasteiger partial charge in [0.1, 0.15) is 11.4 Å². The molecule has 0 fully saturated rings. The number of nitrogens with zero attached hydrogens (tertiary/aromatic N) is 3. The van der Waals surface area contributed by atoms with Gasteiger partial charge < -0.3 is 0 Å². The van der Waals surface area contributed by atoms with Gasteiger partial charge in [-0.2, -0.15) is 5.10 Å². The van der Waals surface area contributed by atoms with Gasteiger partial charge in [-0.3, -0.25) is 5.10 Å². The Balaban J connectivity index is 2.22. The third kappa shape index (κ3) is 2.13. The van der Waals surface area contributed by atoms with E-state index in [-0.39, 0.29) is 0 Å². The van der Waals surface area contributed by atoms with E-state index in [1.54, 1.807) is 6.20 Å². The lowest BCUT2D eigenvalue weighted by Gasteiger charge is -2.00. The monoisotopic (exact) mass is 270 g/mol. The quantitative estimate of drug-likeness (QED) is 0.911. The van der Waals surface area contributed by atoms with E-state index in [0.717, 1.165) is 20.2 Å². The molecule has 0 aliphatic rings. The van der Waals surface area contributed by atoms with Gasteiger partial charge in [-0.25, -0.2) is 9.97 Å². The molecule has 1 N–H and O–H groups in total. The third-order valence-corrected chi connectivity index (χ3v) is 3.27. The molecule has 0 aliphatic heterocycles. The smallest absolute Gasteiger partial charge is 0.189 e. The summed E-state index contributed by atoms with van der Waals surface area (Å²) in [6, 6.07) is 2.00. The van der Waals surface area contributed by atoms with E-state index in [9.17, 15) is 0 Å². The molecular formula is C8H7BrN4S. The van der Waals surface area contributed by atoms with Crippen LogP contribution in [0.2, 0.25) is 0 Å². The van der Waals surface area contributed by atoms with E-state index in [0.29, 0.717) is 0 Å². The van der Waals surface area contributed by atoms with Gasteiger partial charge in [0.05, 0.1) is 0 Å². The number of halogens is 1. The molecule has 0 bridgehead atoms. The summed E-state index contributed by atoms with van der Waals surface area (Å²) in [5.41, 5.74) is 1.15. The summed E-state index contributed by atoms with van der Waals surface area (Å²) >= 11 is 4.86. The van der Waals surface area contributed by atoms with E-state index >= 15 is 0 Å². The number of aryl methyl sites for hydroxylation is 1. The number of pyridine rings is 1. The largest absolute Gasteiger partial charge is 0.254 e. The first-order chi connectivity index (χ1) is 6.75. The van der Waals surface area contributed by atoms with Gasteiger partial charge in [-0.1, -0.05) is 0 Å². The summed E-state index contributed by atoms with van der Waals surface area (Å²) in [5.74, 6) is 0. The van der Waals surface area contributed by atoms with Gasteiger partial charge in [0.25, 0.3) is 0 Å². The Hall–Kier alpha value is -0.880. The number of hydrogen-bond acceptors (Lipinski definition) is 4. The van der Waals surface area contributed by atoms with E-state index in [2.05, 4.69) is 36.1 Å². The van der Waals surface area contributed by atoms with E-state index in [4.69, 9.17) is 0 Å². The number of H-pyrrole nitrogens is 1. The van der Waals surface area contributed by atoms with Crippen LogP contribution in [-0.2, 0) is 0 Å². The fourth-order valence-corrected chi connectivity index (χ4v) is 1.87. The predicted molar refractivity (Wildman–Crippen MR) is 57.2 cm³/mol.